The van der Waals surface area contributed by atoms with Gasteiger partial charge in [0.1, 0.15) is 11.6 Å². The summed E-state index contributed by atoms with van der Waals surface area (Å²) in [6.07, 6.45) is 2.09. The zero-order valence-electron chi connectivity index (χ0n) is 9.86. The summed E-state index contributed by atoms with van der Waals surface area (Å²) in [5.74, 6) is 1.24. The van der Waals surface area contributed by atoms with Crippen LogP contribution in [0.3, 0.4) is 0 Å². The summed E-state index contributed by atoms with van der Waals surface area (Å²) in [7, 11) is 0. The molecule has 0 unspecified atom stereocenters. The van der Waals surface area contributed by atoms with Gasteiger partial charge in [0.15, 0.2) is 0 Å². The van der Waals surface area contributed by atoms with Crippen LogP contribution in [-0.4, -0.2) is 34.8 Å². The van der Waals surface area contributed by atoms with Gasteiger partial charge in [-0.2, -0.15) is 0 Å². The van der Waals surface area contributed by atoms with E-state index in [0.29, 0.717) is 18.2 Å². The molecule has 16 heavy (non-hydrogen) atoms. The minimum absolute atomic E-state index is 0.0667. The first-order chi connectivity index (χ1) is 7.67. The van der Waals surface area contributed by atoms with Crippen LogP contribution in [-0.2, 0) is 0 Å². The van der Waals surface area contributed by atoms with Gasteiger partial charge in [-0.05, 0) is 13.3 Å². The molecular weight excluding hydrogens is 206 g/mol. The molecule has 1 heterocycles. The first-order valence-corrected chi connectivity index (χ1v) is 5.61. The van der Waals surface area contributed by atoms with Crippen molar-refractivity contribution in [2.45, 2.75) is 26.7 Å². The van der Waals surface area contributed by atoms with Crippen LogP contribution in [0.5, 0.6) is 0 Å². The average molecular weight is 225 g/mol. The minimum atomic E-state index is -0.151. The number of hydrogen-bond acceptors (Lipinski definition) is 4. The van der Waals surface area contributed by atoms with Crippen molar-refractivity contribution in [3.05, 3.63) is 22.2 Å². The van der Waals surface area contributed by atoms with Crippen LogP contribution in [0.2, 0.25) is 0 Å². The van der Waals surface area contributed by atoms with Crippen LogP contribution >= 0.6 is 0 Å². The lowest BCUT2D eigenvalue weighted by Gasteiger charge is -2.22. The number of unbranched alkanes of at least 4 members (excludes halogenated alkanes) is 1. The summed E-state index contributed by atoms with van der Waals surface area (Å²) in [6.45, 7) is 5.25. The monoisotopic (exact) mass is 225 g/mol. The highest BCUT2D eigenvalue weighted by atomic mass is 16.3. The Morgan fingerprint density at radius 1 is 1.50 bits per heavy atom. The number of aromatic amines is 1. The molecule has 0 saturated carbocycles. The zero-order valence-corrected chi connectivity index (χ0v) is 9.86. The van der Waals surface area contributed by atoms with E-state index in [1.54, 1.807) is 6.92 Å². The number of aliphatic hydroxyl groups is 1. The second kappa shape index (κ2) is 6.27. The molecule has 0 saturated heterocycles. The van der Waals surface area contributed by atoms with Crippen LogP contribution in [0.1, 0.15) is 25.6 Å². The number of nitrogens with zero attached hydrogens (tertiary/aromatic N) is 2. The number of rotatable bonds is 6. The van der Waals surface area contributed by atoms with Crippen molar-refractivity contribution in [1.29, 1.82) is 0 Å². The van der Waals surface area contributed by atoms with Crippen molar-refractivity contribution >= 4 is 5.82 Å². The first-order valence-electron chi connectivity index (χ1n) is 5.61. The Labute approximate surface area is 95.1 Å². The maximum Gasteiger partial charge on any atom is 0.252 e. The molecule has 0 aliphatic heterocycles. The number of aryl methyl sites for hydroxylation is 1. The normalized spacial score (nSPS) is 10.4. The van der Waals surface area contributed by atoms with Gasteiger partial charge in [-0.3, -0.25) is 4.79 Å². The third-order valence-electron chi connectivity index (χ3n) is 2.32. The lowest BCUT2D eigenvalue weighted by molar-refractivity contribution is 0.301. The van der Waals surface area contributed by atoms with Gasteiger partial charge in [0.05, 0.1) is 6.61 Å². The third kappa shape index (κ3) is 3.66. The second-order valence-electron chi connectivity index (χ2n) is 3.75. The molecule has 1 aromatic heterocycles. The number of aromatic nitrogens is 2. The summed E-state index contributed by atoms with van der Waals surface area (Å²) in [6, 6.07) is 1.47. The predicted molar refractivity (Wildman–Crippen MR) is 63.8 cm³/mol. The van der Waals surface area contributed by atoms with Gasteiger partial charge in [-0.15, -0.1) is 0 Å². The molecule has 90 valence electrons. The Balaban J connectivity index is 2.86. The maximum atomic E-state index is 11.3. The lowest BCUT2D eigenvalue weighted by atomic mass is 10.3. The largest absolute Gasteiger partial charge is 0.395 e. The number of H-pyrrole nitrogens is 1. The smallest absolute Gasteiger partial charge is 0.252 e. The zero-order chi connectivity index (χ0) is 12.0. The van der Waals surface area contributed by atoms with E-state index in [1.807, 2.05) is 4.90 Å². The fraction of sp³-hybridized carbons (Fsp3) is 0.636. The molecule has 0 aliphatic carbocycles. The van der Waals surface area contributed by atoms with E-state index in [4.69, 9.17) is 5.11 Å². The summed E-state index contributed by atoms with van der Waals surface area (Å²) in [5.41, 5.74) is -0.151. The Hall–Kier alpha value is -1.36. The molecule has 0 atom stereocenters. The summed E-state index contributed by atoms with van der Waals surface area (Å²) in [4.78, 5) is 20.1. The van der Waals surface area contributed by atoms with E-state index in [0.717, 1.165) is 19.4 Å². The topological polar surface area (TPSA) is 69.2 Å². The number of nitrogens with one attached hydrogen (secondary N) is 1. The Morgan fingerprint density at radius 3 is 2.81 bits per heavy atom. The predicted octanol–water partition coefficient (Wildman–Crippen LogP) is 0.677. The molecule has 1 rings (SSSR count). The van der Waals surface area contributed by atoms with Gasteiger partial charge in [0.25, 0.3) is 5.56 Å². The first kappa shape index (κ1) is 12.7. The van der Waals surface area contributed by atoms with Crippen molar-refractivity contribution in [1.82, 2.24) is 9.97 Å². The molecular formula is C11H19N3O2. The number of hydrogen-bond donors (Lipinski definition) is 2. The highest BCUT2D eigenvalue weighted by molar-refractivity contribution is 5.37. The molecule has 0 bridgehead atoms. The van der Waals surface area contributed by atoms with Crippen molar-refractivity contribution in [3.63, 3.8) is 0 Å². The van der Waals surface area contributed by atoms with Gasteiger partial charge in [0.2, 0.25) is 0 Å². The third-order valence-corrected chi connectivity index (χ3v) is 2.32. The molecule has 0 aromatic carbocycles. The van der Waals surface area contributed by atoms with Gasteiger partial charge in [-0.25, -0.2) is 4.98 Å². The molecule has 0 spiro atoms. The quantitative estimate of drug-likeness (QED) is 0.747. The fourth-order valence-corrected chi connectivity index (χ4v) is 1.54. The van der Waals surface area contributed by atoms with Crippen LogP contribution < -0.4 is 10.5 Å². The van der Waals surface area contributed by atoms with Gasteiger partial charge >= 0.3 is 0 Å². The SMILES string of the molecule is CCCCN(CCO)c1cc(=O)[nH]c(C)n1. The Morgan fingerprint density at radius 2 is 2.25 bits per heavy atom. The Kier molecular flexibility index (Phi) is 4.98. The molecule has 0 fully saturated rings. The van der Waals surface area contributed by atoms with Gasteiger partial charge < -0.3 is 15.0 Å². The fourth-order valence-electron chi connectivity index (χ4n) is 1.54. The van der Waals surface area contributed by atoms with Gasteiger partial charge in [0, 0.05) is 19.2 Å². The highest BCUT2D eigenvalue weighted by Crippen LogP contribution is 2.08. The summed E-state index contributed by atoms with van der Waals surface area (Å²) < 4.78 is 0. The summed E-state index contributed by atoms with van der Waals surface area (Å²) in [5, 5.41) is 8.98. The molecule has 0 radical (unpaired) electrons. The molecule has 1 aromatic rings. The van der Waals surface area contributed by atoms with E-state index < -0.39 is 0 Å². The van der Waals surface area contributed by atoms with Crippen LogP contribution in [0.4, 0.5) is 5.82 Å². The van der Waals surface area contributed by atoms with Crippen molar-refractivity contribution < 1.29 is 5.11 Å². The number of anilines is 1. The van der Waals surface area contributed by atoms with Crippen LogP contribution in [0, 0.1) is 6.92 Å². The van der Waals surface area contributed by atoms with E-state index in [2.05, 4.69) is 16.9 Å². The van der Waals surface area contributed by atoms with Crippen LogP contribution in [0.25, 0.3) is 0 Å². The van der Waals surface area contributed by atoms with E-state index in [1.165, 1.54) is 6.07 Å². The molecule has 5 nitrogen and oxygen atoms in total. The maximum absolute atomic E-state index is 11.3. The Bertz CT molecular complexity index is 376. The van der Waals surface area contributed by atoms with E-state index >= 15 is 0 Å². The lowest BCUT2D eigenvalue weighted by Crippen LogP contribution is -2.30. The van der Waals surface area contributed by atoms with Gasteiger partial charge in [-0.1, -0.05) is 13.3 Å². The molecule has 2 N–H and O–H groups in total. The second-order valence-corrected chi connectivity index (χ2v) is 3.75. The van der Waals surface area contributed by atoms with E-state index in [-0.39, 0.29) is 12.2 Å². The minimum Gasteiger partial charge on any atom is -0.395 e. The molecule has 0 amide bonds. The summed E-state index contributed by atoms with van der Waals surface area (Å²) >= 11 is 0. The average Bonchev–Trinajstić information content (AvgIpc) is 2.22. The highest BCUT2D eigenvalue weighted by Gasteiger charge is 2.08. The standard InChI is InChI=1S/C11H19N3O2/c1-3-4-5-14(6-7-15)10-8-11(16)13-9(2)12-10/h8,15H,3-7H2,1-2H3,(H,12,13,16). The van der Waals surface area contributed by atoms with Crippen molar-refractivity contribution in [2.75, 3.05) is 24.6 Å². The van der Waals surface area contributed by atoms with Crippen molar-refractivity contribution in [3.8, 4) is 0 Å². The van der Waals surface area contributed by atoms with Crippen LogP contribution in [0.15, 0.2) is 10.9 Å². The van der Waals surface area contributed by atoms with Crippen molar-refractivity contribution in [2.24, 2.45) is 0 Å². The number of aliphatic hydroxyl groups excluding tert-OH is 1. The molecule has 5 heteroatoms. The molecule has 0 aliphatic rings. The van der Waals surface area contributed by atoms with E-state index in [9.17, 15) is 4.79 Å².